The fraction of sp³-hybridized carbons (Fsp3) is 0.875. The molecule has 2 amide bonds. The Bertz CT molecular complexity index is 486. The van der Waals surface area contributed by atoms with Crippen molar-refractivity contribution in [2.75, 3.05) is 0 Å². The number of imide groups is 1. The van der Waals surface area contributed by atoms with E-state index >= 15 is 0 Å². The van der Waals surface area contributed by atoms with Crippen molar-refractivity contribution in [3.8, 4) is 0 Å². The first kappa shape index (κ1) is 12.8. The molecule has 3 heterocycles. The van der Waals surface area contributed by atoms with Crippen molar-refractivity contribution in [1.29, 1.82) is 0 Å². The lowest BCUT2D eigenvalue weighted by Gasteiger charge is -2.50. The first-order valence-corrected chi connectivity index (χ1v) is 8.00. The summed E-state index contributed by atoms with van der Waals surface area (Å²) < 4.78 is 6.11. The molecule has 2 bridgehead atoms. The van der Waals surface area contributed by atoms with Crippen molar-refractivity contribution in [2.45, 2.75) is 64.7 Å². The number of hydrogen-bond acceptors (Lipinski definition) is 3. The summed E-state index contributed by atoms with van der Waals surface area (Å²) in [6, 6.07) is 0.0465. The number of fused-ring (bicyclic) bond motifs is 8. The Labute approximate surface area is 119 Å². The van der Waals surface area contributed by atoms with E-state index in [1.165, 1.54) is 19.3 Å². The molecule has 4 nitrogen and oxygen atoms in total. The van der Waals surface area contributed by atoms with Gasteiger partial charge in [-0.3, -0.25) is 14.5 Å². The van der Waals surface area contributed by atoms with Crippen molar-refractivity contribution < 1.29 is 14.3 Å². The number of rotatable bonds is 2. The predicted molar refractivity (Wildman–Crippen MR) is 72.7 cm³/mol. The first-order chi connectivity index (χ1) is 9.47. The van der Waals surface area contributed by atoms with Crippen LogP contribution in [0.15, 0.2) is 0 Å². The van der Waals surface area contributed by atoms with Gasteiger partial charge in [-0.25, -0.2) is 0 Å². The zero-order chi connectivity index (χ0) is 14.2. The Hall–Kier alpha value is -0.900. The summed E-state index contributed by atoms with van der Waals surface area (Å²) in [5, 5.41) is 0. The van der Waals surface area contributed by atoms with Crippen LogP contribution in [0.1, 0.15) is 46.5 Å². The minimum Gasteiger partial charge on any atom is -0.371 e. The third-order valence-electron chi connectivity index (χ3n) is 6.34. The van der Waals surface area contributed by atoms with Crippen LogP contribution in [-0.2, 0) is 14.3 Å². The van der Waals surface area contributed by atoms with Gasteiger partial charge in [-0.2, -0.15) is 0 Å². The maximum Gasteiger partial charge on any atom is 0.237 e. The topological polar surface area (TPSA) is 46.6 Å². The average molecular weight is 277 g/mol. The van der Waals surface area contributed by atoms with Crippen molar-refractivity contribution >= 4 is 11.8 Å². The largest absolute Gasteiger partial charge is 0.371 e. The molecular formula is C16H23NO3. The van der Waals surface area contributed by atoms with Crippen LogP contribution in [0, 0.1) is 23.2 Å². The number of β-lactam (4-membered cyclic amide) rings is 1. The fourth-order valence-corrected chi connectivity index (χ4v) is 4.83. The van der Waals surface area contributed by atoms with Gasteiger partial charge in [-0.15, -0.1) is 0 Å². The highest BCUT2D eigenvalue weighted by Gasteiger charge is 2.71. The molecule has 1 saturated carbocycles. The van der Waals surface area contributed by atoms with Gasteiger partial charge in [0.2, 0.25) is 11.8 Å². The molecule has 4 fully saturated rings. The molecule has 0 aromatic heterocycles. The van der Waals surface area contributed by atoms with Crippen LogP contribution in [0.3, 0.4) is 0 Å². The monoisotopic (exact) mass is 277 g/mol. The Balaban J connectivity index is 1.61. The van der Waals surface area contributed by atoms with E-state index in [1.54, 1.807) is 4.90 Å². The number of hydrogen-bond donors (Lipinski definition) is 0. The molecule has 1 aliphatic carbocycles. The highest BCUT2D eigenvalue weighted by Crippen LogP contribution is 2.59. The van der Waals surface area contributed by atoms with E-state index in [0.29, 0.717) is 11.8 Å². The minimum absolute atomic E-state index is 0.00283. The Morgan fingerprint density at radius 3 is 2.60 bits per heavy atom. The third-order valence-corrected chi connectivity index (χ3v) is 6.34. The minimum atomic E-state index is -0.447. The van der Waals surface area contributed by atoms with Gasteiger partial charge in [-0.05, 0) is 31.1 Å². The maximum atomic E-state index is 12.6. The molecule has 0 aromatic carbocycles. The second-order valence-electron chi connectivity index (χ2n) is 7.59. The first-order valence-electron chi connectivity index (χ1n) is 8.00. The zero-order valence-electron chi connectivity index (χ0n) is 12.5. The lowest BCUT2D eigenvalue weighted by Crippen LogP contribution is -2.70. The SMILES string of the molecule is CCC(C)(C)C(=O)N1C(=O)C2C3OC(C4CCCC43)C21. The second kappa shape index (κ2) is 3.85. The number of ether oxygens (including phenoxy) is 1. The van der Waals surface area contributed by atoms with E-state index in [-0.39, 0.29) is 36.0 Å². The van der Waals surface area contributed by atoms with Crippen LogP contribution < -0.4 is 0 Å². The standard InChI is InChI=1S/C16H23NO3/c1-4-16(2,3)15(19)17-11-10(14(17)18)12-8-6-5-7-9(8)13(11)20-12/h8-13H,4-7H2,1-3H3. The van der Waals surface area contributed by atoms with Gasteiger partial charge in [0.25, 0.3) is 0 Å². The predicted octanol–water partition coefficient (Wildman–Crippen LogP) is 1.97. The Kier molecular flexibility index (Phi) is 2.46. The molecule has 6 atom stereocenters. The molecule has 110 valence electrons. The Morgan fingerprint density at radius 1 is 1.30 bits per heavy atom. The summed E-state index contributed by atoms with van der Waals surface area (Å²) in [6.45, 7) is 5.87. The number of amides is 2. The van der Waals surface area contributed by atoms with Gasteiger partial charge in [0.15, 0.2) is 0 Å². The van der Waals surface area contributed by atoms with Crippen LogP contribution in [0.2, 0.25) is 0 Å². The maximum absolute atomic E-state index is 12.6. The summed E-state index contributed by atoms with van der Waals surface area (Å²) in [4.78, 5) is 26.6. The summed E-state index contributed by atoms with van der Waals surface area (Å²) >= 11 is 0. The van der Waals surface area contributed by atoms with E-state index < -0.39 is 5.41 Å². The van der Waals surface area contributed by atoms with Crippen molar-refractivity contribution in [2.24, 2.45) is 23.2 Å². The molecule has 0 radical (unpaired) electrons. The van der Waals surface area contributed by atoms with E-state index in [4.69, 9.17) is 4.74 Å². The molecule has 0 spiro atoms. The molecule has 3 aliphatic heterocycles. The van der Waals surface area contributed by atoms with Crippen molar-refractivity contribution in [3.63, 3.8) is 0 Å². The number of likely N-dealkylation sites (tertiary alicyclic amines) is 1. The van der Waals surface area contributed by atoms with Crippen LogP contribution in [-0.4, -0.2) is 35.0 Å². The summed E-state index contributed by atoms with van der Waals surface area (Å²) in [7, 11) is 0. The van der Waals surface area contributed by atoms with E-state index in [9.17, 15) is 9.59 Å². The van der Waals surface area contributed by atoms with Crippen LogP contribution in [0.5, 0.6) is 0 Å². The number of nitrogens with zero attached hydrogens (tertiary/aromatic N) is 1. The Morgan fingerprint density at radius 2 is 1.95 bits per heavy atom. The van der Waals surface area contributed by atoms with Crippen LogP contribution in [0.4, 0.5) is 0 Å². The van der Waals surface area contributed by atoms with E-state index in [2.05, 4.69) is 0 Å². The second-order valence-corrected chi connectivity index (χ2v) is 7.59. The van der Waals surface area contributed by atoms with Gasteiger partial charge >= 0.3 is 0 Å². The number of carbonyl (C=O) groups is 2. The zero-order valence-corrected chi connectivity index (χ0v) is 12.5. The molecule has 4 heteroatoms. The van der Waals surface area contributed by atoms with Gasteiger partial charge in [-0.1, -0.05) is 27.2 Å². The lowest BCUT2D eigenvalue weighted by molar-refractivity contribution is -0.173. The lowest BCUT2D eigenvalue weighted by atomic mass is 9.66. The van der Waals surface area contributed by atoms with Crippen LogP contribution >= 0.6 is 0 Å². The molecule has 6 unspecified atom stereocenters. The highest BCUT2D eigenvalue weighted by molar-refractivity contribution is 6.04. The summed E-state index contributed by atoms with van der Waals surface area (Å²) in [5.74, 6) is 1.18. The normalized spacial score (nSPS) is 45.4. The van der Waals surface area contributed by atoms with Gasteiger partial charge in [0.05, 0.1) is 24.2 Å². The smallest absolute Gasteiger partial charge is 0.237 e. The molecule has 3 saturated heterocycles. The highest BCUT2D eigenvalue weighted by atomic mass is 16.5. The fourth-order valence-electron chi connectivity index (χ4n) is 4.83. The van der Waals surface area contributed by atoms with E-state index in [0.717, 1.165) is 6.42 Å². The molecule has 20 heavy (non-hydrogen) atoms. The van der Waals surface area contributed by atoms with Gasteiger partial charge in [0.1, 0.15) is 0 Å². The summed E-state index contributed by atoms with van der Waals surface area (Å²) in [5.41, 5.74) is -0.447. The van der Waals surface area contributed by atoms with Gasteiger partial charge in [0, 0.05) is 5.41 Å². The van der Waals surface area contributed by atoms with Crippen molar-refractivity contribution in [3.05, 3.63) is 0 Å². The third kappa shape index (κ3) is 1.31. The average Bonchev–Trinajstić information content (AvgIpc) is 3.07. The molecule has 0 N–H and O–H groups in total. The molecular weight excluding hydrogens is 254 g/mol. The van der Waals surface area contributed by atoms with E-state index in [1.807, 2.05) is 20.8 Å². The van der Waals surface area contributed by atoms with Crippen molar-refractivity contribution in [1.82, 2.24) is 4.90 Å². The van der Waals surface area contributed by atoms with Crippen LogP contribution in [0.25, 0.3) is 0 Å². The molecule has 0 aromatic rings. The van der Waals surface area contributed by atoms with Gasteiger partial charge < -0.3 is 4.74 Å². The molecule has 4 rings (SSSR count). The summed E-state index contributed by atoms with van der Waals surface area (Å²) in [6.07, 6.45) is 4.67. The molecule has 4 aliphatic rings. The number of carbonyl (C=O) groups excluding carboxylic acids is 2. The quantitative estimate of drug-likeness (QED) is 0.725.